The Morgan fingerprint density at radius 1 is 1.32 bits per heavy atom. The second-order valence-electron chi connectivity index (χ2n) is 4.12. The molecule has 0 aromatic heterocycles. The minimum Gasteiger partial charge on any atom is -0.399 e. The zero-order valence-corrected chi connectivity index (χ0v) is 13.2. The van der Waals surface area contributed by atoms with Crippen LogP contribution in [0.5, 0.6) is 0 Å². The number of carbonyl (C=O) groups excluding carboxylic acids is 1. The molecule has 0 unspecified atom stereocenters. The van der Waals surface area contributed by atoms with Crippen molar-refractivity contribution in [2.24, 2.45) is 0 Å². The van der Waals surface area contributed by atoms with Gasteiger partial charge in [-0.1, -0.05) is 30.1 Å². The Labute approximate surface area is 128 Å². The van der Waals surface area contributed by atoms with Gasteiger partial charge >= 0.3 is 0 Å². The molecule has 0 saturated carbocycles. The quantitative estimate of drug-likeness (QED) is 0.577. The fourth-order valence-electron chi connectivity index (χ4n) is 1.50. The van der Waals surface area contributed by atoms with E-state index in [-0.39, 0.29) is 5.91 Å². The number of hydrogen-bond acceptors (Lipinski definition) is 3. The molecule has 0 heterocycles. The zero-order valence-electron chi connectivity index (χ0n) is 10.8. The van der Waals surface area contributed by atoms with Gasteiger partial charge in [-0.05, 0) is 36.5 Å². The minimum atomic E-state index is -0.0781. The van der Waals surface area contributed by atoms with Gasteiger partial charge in [0.15, 0.2) is 0 Å². The number of thioether (sulfide) groups is 1. The summed E-state index contributed by atoms with van der Waals surface area (Å²) in [6, 6.07) is 3.14. The third-order valence-corrected chi connectivity index (χ3v) is 4.24. The molecule has 3 nitrogen and oxygen atoms in total. The third kappa shape index (κ3) is 5.93. The molecule has 0 aliphatic rings. The van der Waals surface area contributed by atoms with E-state index >= 15 is 0 Å². The Morgan fingerprint density at radius 2 is 1.95 bits per heavy atom. The Balaban J connectivity index is 2.44. The van der Waals surface area contributed by atoms with E-state index in [4.69, 9.17) is 28.9 Å². The maximum absolute atomic E-state index is 11.8. The summed E-state index contributed by atoms with van der Waals surface area (Å²) >= 11 is 13.9. The van der Waals surface area contributed by atoms with Crippen LogP contribution < -0.4 is 11.1 Å². The van der Waals surface area contributed by atoms with Crippen molar-refractivity contribution in [3.05, 3.63) is 22.2 Å². The zero-order chi connectivity index (χ0) is 14.3. The van der Waals surface area contributed by atoms with Crippen LogP contribution in [0.15, 0.2) is 12.1 Å². The molecule has 6 heteroatoms. The lowest BCUT2D eigenvalue weighted by molar-refractivity contribution is -0.116. The van der Waals surface area contributed by atoms with Crippen molar-refractivity contribution in [2.45, 2.75) is 26.2 Å². The first-order chi connectivity index (χ1) is 9.04. The van der Waals surface area contributed by atoms with Gasteiger partial charge in [-0.25, -0.2) is 0 Å². The van der Waals surface area contributed by atoms with Crippen LogP contribution in [-0.4, -0.2) is 17.4 Å². The van der Waals surface area contributed by atoms with E-state index in [0.717, 1.165) is 24.3 Å². The van der Waals surface area contributed by atoms with Gasteiger partial charge < -0.3 is 11.1 Å². The first-order valence-electron chi connectivity index (χ1n) is 6.16. The maximum Gasteiger partial charge on any atom is 0.224 e. The number of rotatable bonds is 7. The Bertz CT molecular complexity index is 418. The van der Waals surface area contributed by atoms with Crippen molar-refractivity contribution < 1.29 is 4.79 Å². The van der Waals surface area contributed by atoms with Crippen LogP contribution in [-0.2, 0) is 4.79 Å². The normalized spacial score (nSPS) is 10.5. The second-order valence-corrected chi connectivity index (χ2v) is 6.16. The van der Waals surface area contributed by atoms with Crippen LogP contribution >= 0.6 is 35.0 Å². The fourth-order valence-corrected chi connectivity index (χ4v) is 2.93. The minimum absolute atomic E-state index is 0.0781. The molecule has 106 valence electrons. The summed E-state index contributed by atoms with van der Waals surface area (Å²) in [5, 5.41) is 3.45. The van der Waals surface area contributed by atoms with Gasteiger partial charge in [0.1, 0.15) is 0 Å². The molecular formula is C13H18Cl2N2OS. The van der Waals surface area contributed by atoms with Gasteiger partial charge in [0.2, 0.25) is 5.91 Å². The number of benzene rings is 1. The SMILES string of the molecule is CCCSCCCC(=O)Nc1c(Cl)cc(N)cc1Cl. The van der Waals surface area contributed by atoms with Crippen LogP contribution in [0.25, 0.3) is 0 Å². The lowest BCUT2D eigenvalue weighted by Gasteiger charge is -2.10. The summed E-state index contributed by atoms with van der Waals surface area (Å²) in [6.45, 7) is 2.14. The number of halogens is 2. The standard InChI is InChI=1S/C13H18Cl2N2OS/c1-2-5-19-6-3-4-12(18)17-13-10(14)7-9(16)8-11(13)15/h7-8H,2-6,16H2,1H3,(H,17,18). The van der Waals surface area contributed by atoms with Crippen molar-refractivity contribution in [2.75, 3.05) is 22.6 Å². The molecule has 0 atom stereocenters. The molecule has 0 saturated heterocycles. The predicted molar refractivity (Wildman–Crippen MR) is 86.4 cm³/mol. The van der Waals surface area contributed by atoms with E-state index in [1.807, 2.05) is 11.8 Å². The van der Waals surface area contributed by atoms with E-state index in [0.29, 0.717) is 27.8 Å². The van der Waals surface area contributed by atoms with Crippen molar-refractivity contribution in [3.8, 4) is 0 Å². The number of hydrogen-bond donors (Lipinski definition) is 2. The molecule has 1 rings (SSSR count). The van der Waals surface area contributed by atoms with Crippen molar-refractivity contribution >= 4 is 52.2 Å². The van der Waals surface area contributed by atoms with E-state index in [1.165, 1.54) is 0 Å². The van der Waals surface area contributed by atoms with Gasteiger partial charge in [0.05, 0.1) is 15.7 Å². The average Bonchev–Trinajstić information content (AvgIpc) is 2.33. The van der Waals surface area contributed by atoms with Crippen molar-refractivity contribution in [1.29, 1.82) is 0 Å². The topological polar surface area (TPSA) is 55.1 Å². The number of anilines is 2. The lowest BCUT2D eigenvalue weighted by Crippen LogP contribution is -2.12. The number of amides is 1. The Morgan fingerprint density at radius 3 is 2.53 bits per heavy atom. The maximum atomic E-state index is 11.8. The van der Waals surface area contributed by atoms with Gasteiger partial charge in [0.25, 0.3) is 0 Å². The molecule has 0 fully saturated rings. The molecular weight excluding hydrogens is 303 g/mol. The van der Waals surface area contributed by atoms with Crippen LogP contribution in [0.2, 0.25) is 10.0 Å². The molecule has 19 heavy (non-hydrogen) atoms. The molecule has 1 aromatic carbocycles. The van der Waals surface area contributed by atoms with E-state index < -0.39 is 0 Å². The molecule has 0 spiro atoms. The highest BCUT2D eigenvalue weighted by Gasteiger charge is 2.10. The van der Waals surface area contributed by atoms with E-state index in [2.05, 4.69) is 12.2 Å². The Hall–Kier alpha value is -0.580. The summed E-state index contributed by atoms with van der Waals surface area (Å²) in [7, 11) is 0. The first-order valence-corrected chi connectivity index (χ1v) is 8.07. The van der Waals surface area contributed by atoms with Crippen molar-refractivity contribution in [3.63, 3.8) is 0 Å². The molecule has 0 aliphatic carbocycles. The molecule has 3 N–H and O–H groups in total. The van der Waals surface area contributed by atoms with Gasteiger partial charge in [-0.2, -0.15) is 11.8 Å². The van der Waals surface area contributed by atoms with Crippen LogP contribution in [0.1, 0.15) is 26.2 Å². The number of nitrogens with two attached hydrogens (primary N) is 1. The van der Waals surface area contributed by atoms with E-state index in [1.54, 1.807) is 12.1 Å². The highest BCUT2D eigenvalue weighted by molar-refractivity contribution is 7.99. The van der Waals surface area contributed by atoms with Crippen LogP contribution in [0.3, 0.4) is 0 Å². The molecule has 0 aliphatic heterocycles. The van der Waals surface area contributed by atoms with Crippen LogP contribution in [0, 0.1) is 0 Å². The number of carbonyl (C=O) groups is 1. The van der Waals surface area contributed by atoms with Gasteiger partial charge in [-0.3, -0.25) is 4.79 Å². The van der Waals surface area contributed by atoms with E-state index in [9.17, 15) is 4.79 Å². The van der Waals surface area contributed by atoms with Gasteiger partial charge in [-0.15, -0.1) is 0 Å². The molecule has 1 aromatic rings. The smallest absolute Gasteiger partial charge is 0.224 e. The van der Waals surface area contributed by atoms with Crippen LogP contribution in [0.4, 0.5) is 11.4 Å². The predicted octanol–water partition coefficient (Wildman–Crippen LogP) is 4.44. The highest BCUT2D eigenvalue weighted by Crippen LogP contribution is 2.32. The monoisotopic (exact) mass is 320 g/mol. The number of nitrogens with one attached hydrogen (secondary N) is 1. The summed E-state index contributed by atoms with van der Waals surface area (Å²) in [6.07, 6.45) is 2.47. The fraction of sp³-hybridized carbons (Fsp3) is 0.462. The van der Waals surface area contributed by atoms with Gasteiger partial charge in [0, 0.05) is 12.1 Å². The summed E-state index contributed by atoms with van der Waals surface area (Å²) in [5.41, 5.74) is 6.51. The first kappa shape index (κ1) is 16.5. The second kappa shape index (κ2) is 8.56. The van der Waals surface area contributed by atoms with Crippen molar-refractivity contribution in [1.82, 2.24) is 0 Å². The molecule has 0 radical (unpaired) electrons. The molecule has 1 amide bonds. The summed E-state index contributed by atoms with van der Waals surface area (Å²) in [5.74, 6) is 2.05. The highest BCUT2D eigenvalue weighted by atomic mass is 35.5. The number of nitrogen functional groups attached to an aromatic ring is 1. The Kier molecular flexibility index (Phi) is 7.42. The summed E-state index contributed by atoms with van der Waals surface area (Å²) < 4.78 is 0. The average molecular weight is 321 g/mol. The third-order valence-electron chi connectivity index (χ3n) is 2.37. The largest absolute Gasteiger partial charge is 0.399 e. The summed E-state index contributed by atoms with van der Waals surface area (Å²) in [4.78, 5) is 11.8. The lowest BCUT2D eigenvalue weighted by atomic mass is 10.2. The molecule has 0 bridgehead atoms.